The van der Waals surface area contributed by atoms with Gasteiger partial charge in [-0.1, -0.05) is 17.7 Å². The molecular formula is C10H10N4O3S. The molecule has 0 amide bonds. The lowest BCUT2D eigenvalue weighted by atomic mass is 10.2. The van der Waals surface area contributed by atoms with Gasteiger partial charge in [-0.15, -0.1) is 0 Å². The first-order chi connectivity index (χ1) is 8.56. The lowest BCUT2D eigenvalue weighted by Crippen LogP contribution is -2.01. The van der Waals surface area contributed by atoms with Gasteiger partial charge in [0.15, 0.2) is 0 Å². The number of aryl methyl sites for hydroxylation is 1. The van der Waals surface area contributed by atoms with Gasteiger partial charge in [-0.3, -0.25) is 4.28 Å². The van der Waals surface area contributed by atoms with Crippen LogP contribution in [0.3, 0.4) is 0 Å². The molecule has 0 aromatic heterocycles. The molecule has 0 heterocycles. The highest BCUT2D eigenvalue weighted by Crippen LogP contribution is 2.12. The Labute approximate surface area is 105 Å². The zero-order valence-corrected chi connectivity index (χ0v) is 10.3. The molecule has 1 aromatic carbocycles. The van der Waals surface area contributed by atoms with Crippen LogP contribution >= 0.6 is 0 Å². The second-order valence-corrected chi connectivity index (χ2v) is 4.07. The molecule has 18 heavy (non-hydrogen) atoms. The fraction of sp³-hybridized carbons (Fsp3) is 0.100. The van der Waals surface area contributed by atoms with Gasteiger partial charge in [-0.2, -0.15) is 8.42 Å². The van der Waals surface area contributed by atoms with Crippen LogP contribution in [0.25, 0.3) is 0 Å². The van der Waals surface area contributed by atoms with Crippen LogP contribution in [0.15, 0.2) is 34.3 Å². The zero-order chi connectivity index (χ0) is 14.6. The fourth-order valence-electron chi connectivity index (χ4n) is 0.816. The summed E-state index contributed by atoms with van der Waals surface area (Å²) in [5, 5.41) is 22.1. The fourth-order valence-corrected chi connectivity index (χ4v) is 1.51. The molecule has 1 N–H and O–H groups in total. The van der Waals surface area contributed by atoms with E-state index >= 15 is 0 Å². The summed E-state index contributed by atoms with van der Waals surface area (Å²) in [5.41, 5.74) is 0.944. The Morgan fingerprint density at radius 2 is 1.67 bits per heavy atom. The molecule has 0 saturated heterocycles. The van der Waals surface area contributed by atoms with Gasteiger partial charge < -0.3 is 0 Å². The Bertz CT molecular complexity index is 533. The maximum Gasteiger partial charge on any atom is 0.359 e. The highest BCUT2D eigenvalue weighted by Gasteiger charge is 2.14. The number of nitrogens with zero attached hydrogens (tertiary/aromatic N) is 3. The first kappa shape index (κ1) is 17.7. The topological polar surface area (TPSA) is 127 Å². The summed E-state index contributed by atoms with van der Waals surface area (Å²) in [6.07, 6.45) is 0. The first-order valence-corrected chi connectivity index (χ1v) is 5.61. The summed E-state index contributed by atoms with van der Waals surface area (Å²) >= 11 is 0. The van der Waals surface area contributed by atoms with E-state index in [9.17, 15) is 8.42 Å². The van der Waals surface area contributed by atoms with Crippen molar-refractivity contribution in [3.05, 3.63) is 29.8 Å². The highest BCUT2D eigenvalue weighted by atomic mass is 32.2. The summed E-state index contributed by atoms with van der Waals surface area (Å²) in [4.78, 5) is 0.00194. The van der Waals surface area contributed by atoms with E-state index in [1.54, 1.807) is 12.1 Å². The van der Waals surface area contributed by atoms with Crippen molar-refractivity contribution < 1.29 is 12.7 Å². The third-order valence-corrected chi connectivity index (χ3v) is 2.61. The molecule has 1 aromatic rings. The van der Waals surface area contributed by atoms with Gasteiger partial charge in [0.1, 0.15) is 10.9 Å². The smallest absolute Gasteiger partial charge is 0.254 e. The average Bonchev–Trinajstić information content (AvgIpc) is 2.41. The van der Waals surface area contributed by atoms with Crippen molar-refractivity contribution in [2.45, 2.75) is 11.8 Å². The number of hydrogen-bond acceptors (Lipinski definition) is 7. The molecule has 94 valence electrons. The number of nitrogens with one attached hydrogen (secondary N) is 1. The molecule has 0 saturated carbocycles. The molecule has 0 unspecified atom stereocenters. The highest BCUT2D eigenvalue weighted by molar-refractivity contribution is 7.86. The van der Waals surface area contributed by atoms with Gasteiger partial charge in [-0.05, 0) is 19.1 Å². The quantitative estimate of drug-likeness (QED) is 0.657. The van der Waals surface area contributed by atoms with Gasteiger partial charge in [0.05, 0.1) is 0 Å². The van der Waals surface area contributed by atoms with Crippen LogP contribution in [0, 0.1) is 36.0 Å². The molecule has 0 aliphatic rings. The van der Waals surface area contributed by atoms with Gasteiger partial charge in [0.2, 0.25) is 0 Å². The number of rotatable bonds is 3. The van der Waals surface area contributed by atoms with Gasteiger partial charge in [-0.25, -0.2) is 15.9 Å². The molecule has 0 fully saturated rings. The molecule has 0 aliphatic heterocycles. The van der Waals surface area contributed by atoms with E-state index in [2.05, 4.69) is 22.6 Å². The summed E-state index contributed by atoms with van der Waals surface area (Å²) in [6, 6.07) is 7.58. The summed E-state index contributed by atoms with van der Waals surface area (Å²) < 4.78 is 26.6. The van der Waals surface area contributed by atoms with E-state index in [0.717, 1.165) is 5.56 Å². The predicted octanol–water partition coefficient (Wildman–Crippen LogP) is 1.65. The number of benzene rings is 1. The van der Waals surface area contributed by atoms with E-state index in [-0.39, 0.29) is 4.90 Å². The lowest BCUT2D eigenvalue weighted by Gasteiger charge is -1.99. The van der Waals surface area contributed by atoms with Crippen LogP contribution in [0.2, 0.25) is 0 Å². The minimum Gasteiger partial charge on any atom is -0.254 e. The van der Waals surface area contributed by atoms with Crippen molar-refractivity contribution in [1.82, 2.24) is 0 Å². The van der Waals surface area contributed by atoms with Crippen LogP contribution in [-0.2, 0) is 14.4 Å². The zero-order valence-electron chi connectivity index (χ0n) is 9.44. The first-order valence-electron chi connectivity index (χ1n) is 4.20. The van der Waals surface area contributed by atoms with Crippen molar-refractivity contribution in [3.8, 4) is 13.1 Å². The number of nitriles is 2. The van der Waals surface area contributed by atoms with Crippen LogP contribution in [0.4, 0.5) is 0 Å². The van der Waals surface area contributed by atoms with Gasteiger partial charge >= 0.3 is 10.1 Å². The standard InChI is InChI=1S/C8H8N2O3S.2CHN/c1-7-2-4-8(5-3-7)14(11,12)13-10-6-9;2*1-2/h2-5,9H,1H3;2*1H. The molecule has 0 spiro atoms. The molecule has 8 heteroatoms. The molecule has 0 atom stereocenters. The summed E-state index contributed by atoms with van der Waals surface area (Å²) in [6.45, 7) is 8.84. The van der Waals surface area contributed by atoms with Gasteiger partial charge in [0.25, 0.3) is 0 Å². The van der Waals surface area contributed by atoms with Crippen LogP contribution in [-0.4, -0.2) is 14.4 Å². The summed E-state index contributed by atoms with van der Waals surface area (Å²) in [5.74, 6) is 0. The predicted molar refractivity (Wildman–Crippen MR) is 62.9 cm³/mol. The molecular weight excluding hydrogens is 256 g/mol. The normalized spacial score (nSPS) is 8.28. The molecule has 0 bridgehead atoms. The van der Waals surface area contributed by atoms with Crippen molar-refractivity contribution in [2.24, 2.45) is 5.16 Å². The van der Waals surface area contributed by atoms with Crippen molar-refractivity contribution in [1.29, 1.82) is 15.9 Å². The minimum atomic E-state index is -3.89. The number of hydrogen-bond donors (Lipinski definition) is 1. The van der Waals surface area contributed by atoms with E-state index in [4.69, 9.17) is 15.9 Å². The molecule has 0 aliphatic carbocycles. The minimum absolute atomic E-state index is 0.00194. The molecule has 1 rings (SSSR count). The van der Waals surface area contributed by atoms with Gasteiger partial charge in [0, 0.05) is 18.3 Å². The molecule has 7 nitrogen and oxygen atoms in total. The second-order valence-electron chi connectivity index (χ2n) is 2.54. The third kappa shape index (κ3) is 6.03. The van der Waals surface area contributed by atoms with E-state index in [1.165, 1.54) is 18.1 Å². The van der Waals surface area contributed by atoms with Crippen molar-refractivity contribution in [2.75, 3.05) is 0 Å². The second kappa shape index (κ2) is 9.55. The van der Waals surface area contributed by atoms with E-state index in [1.807, 2.05) is 6.92 Å². The Hall–Kier alpha value is -2.67. The average molecular weight is 266 g/mol. The SMILES string of the molecule is C#N.C#N.Cc1ccc(S(=O)(=O)ON=C=N)cc1. The van der Waals surface area contributed by atoms with E-state index in [0.29, 0.717) is 0 Å². The molecule has 0 radical (unpaired) electrons. The summed E-state index contributed by atoms with van der Waals surface area (Å²) in [7, 11) is -3.89. The van der Waals surface area contributed by atoms with Crippen molar-refractivity contribution >= 4 is 16.1 Å². The Balaban J connectivity index is 0. The maximum absolute atomic E-state index is 11.3. The Morgan fingerprint density at radius 1 is 1.22 bits per heavy atom. The van der Waals surface area contributed by atoms with Crippen molar-refractivity contribution in [3.63, 3.8) is 0 Å². The third-order valence-electron chi connectivity index (χ3n) is 1.49. The Morgan fingerprint density at radius 3 is 2.06 bits per heavy atom. The van der Waals surface area contributed by atoms with Crippen LogP contribution in [0.1, 0.15) is 5.56 Å². The van der Waals surface area contributed by atoms with E-state index < -0.39 is 10.1 Å². The van der Waals surface area contributed by atoms with Crippen LogP contribution in [0.5, 0.6) is 0 Å². The van der Waals surface area contributed by atoms with Crippen LogP contribution < -0.4 is 0 Å². The lowest BCUT2D eigenvalue weighted by molar-refractivity contribution is 0.341. The Kier molecular flexibility index (Phi) is 9.40. The monoisotopic (exact) mass is 266 g/mol. The largest absolute Gasteiger partial charge is 0.359 e. The maximum atomic E-state index is 11.3.